The number of aromatic nitrogens is 1. The third kappa shape index (κ3) is 4.18. The van der Waals surface area contributed by atoms with E-state index in [9.17, 15) is 10.1 Å². The summed E-state index contributed by atoms with van der Waals surface area (Å²) in [6, 6.07) is 19.8. The van der Waals surface area contributed by atoms with E-state index in [-0.39, 0.29) is 5.57 Å². The number of nitrogens with one attached hydrogen (secondary N) is 1. The molecular formula is C23H20IN3O. The molecule has 0 radical (unpaired) electrons. The van der Waals surface area contributed by atoms with Crippen LogP contribution in [0.1, 0.15) is 22.5 Å². The smallest absolute Gasteiger partial charge is 0.266 e. The molecule has 4 nitrogen and oxygen atoms in total. The lowest BCUT2D eigenvalue weighted by Crippen LogP contribution is -2.14. The second-order valence-corrected chi connectivity index (χ2v) is 7.82. The molecule has 0 unspecified atom stereocenters. The SMILES string of the molecule is Cc1ccccc1NC(=O)C(C#N)=Cc1cc(C)n(-c2ccc(I)cc2)c1C. The van der Waals surface area contributed by atoms with E-state index in [0.29, 0.717) is 5.69 Å². The van der Waals surface area contributed by atoms with Crippen molar-refractivity contribution < 1.29 is 4.79 Å². The van der Waals surface area contributed by atoms with Crippen molar-refractivity contribution in [3.05, 3.63) is 86.3 Å². The van der Waals surface area contributed by atoms with Crippen molar-refractivity contribution in [1.29, 1.82) is 5.26 Å². The zero-order valence-electron chi connectivity index (χ0n) is 16.0. The Morgan fingerprint density at radius 3 is 2.43 bits per heavy atom. The molecule has 0 saturated heterocycles. The predicted octanol–water partition coefficient (Wildman–Crippen LogP) is 5.55. The van der Waals surface area contributed by atoms with E-state index in [1.807, 2.05) is 57.2 Å². The molecule has 2 aromatic carbocycles. The maximum atomic E-state index is 12.6. The fourth-order valence-electron chi connectivity index (χ4n) is 3.13. The van der Waals surface area contributed by atoms with Gasteiger partial charge < -0.3 is 9.88 Å². The van der Waals surface area contributed by atoms with Gasteiger partial charge in [-0.15, -0.1) is 0 Å². The van der Waals surface area contributed by atoms with Crippen LogP contribution >= 0.6 is 22.6 Å². The van der Waals surface area contributed by atoms with Crippen LogP contribution in [-0.4, -0.2) is 10.5 Å². The van der Waals surface area contributed by atoms with Crippen LogP contribution in [-0.2, 0) is 4.79 Å². The lowest BCUT2D eigenvalue weighted by Gasteiger charge is -2.10. The molecule has 1 N–H and O–H groups in total. The largest absolute Gasteiger partial charge is 0.321 e. The molecule has 1 aromatic heterocycles. The van der Waals surface area contributed by atoms with Gasteiger partial charge in [-0.25, -0.2) is 0 Å². The van der Waals surface area contributed by atoms with E-state index in [2.05, 4.69) is 56.7 Å². The minimum atomic E-state index is -0.407. The number of carbonyl (C=O) groups is 1. The average molecular weight is 481 g/mol. The van der Waals surface area contributed by atoms with Crippen LogP contribution < -0.4 is 5.32 Å². The van der Waals surface area contributed by atoms with Crippen LogP contribution in [0.3, 0.4) is 0 Å². The fraction of sp³-hybridized carbons (Fsp3) is 0.130. The molecule has 0 fully saturated rings. The summed E-state index contributed by atoms with van der Waals surface area (Å²) < 4.78 is 3.29. The van der Waals surface area contributed by atoms with Crippen molar-refractivity contribution in [3.63, 3.8) is 0 Å². The highest BCUT2D eigenvalue weighted by Crippen LogP contribution is 2.24. The van der Waals surface area contributed by atoms with Gasteiger partial charge in [0.1, 0.15) is 11.6 Å². The van der Waals surface area contributed by atoms with Gasteiger partial charge >= 0.3 is 0 Å². The van der Waals surface area contributed by atoms with Crippen molar-refractivity contribution in [3.8, 4) is 11.8 Å². The molecule has 1 heterocycles. The van der Waals surface area contributed by atoms with Gasteiger partial charge in [0.05, 0.1) is 0 Å². The topological polar surface area (TPSA) is 57.8 Å². The summed E-state index contributed by atoms with van der Waals surface area (Å²) >= 11 is 2.28. The number of rotatable bonds is 4. The van der Waals surface area contributed by atoms with Crippen LogP contribution in [0.4, 0.5) is 5.69 Å². The van der Waals surface area contributed by atoms with Gasteiger partial charge in [-0.2, -0.15) is 5.26 Å². The van der Waals surface area contributed by atoms with Gasteiger partial charge in [-0.3, -0.25) is 4.79 Å². The number of anilines is 1. The molecule has 140 valence electrons. The highest BCUT2D eigenvalue weighted by atomic mass is 127. The highest BCUT2D eigenvalue weighted by Gasteiger charge is 2.14. The summed E-state index contributed by atoms with van der Waals surface area (Å²) in [4.78, 5) is 12.6. The Kier molecular flexibility index (Phi) is 6.00. The molecule has 0 spiro atoms. The van der Waals surface area contributed by atoms with Crippen molar-refractivity contribution in [1.82, 2.24) is 4.57 Å². The first-order chi connectivity index (χ1) is 13.4. The number of carbonyl (C=O) groups excluding carboxylic acids is 1. The predicted molar refractivity (Wildman–Crippen MR) is 121 cm³/mol. The van der Waals surface area contributed by atoms with E-state index >= 15 is 0 Å². The number of para-hydroxylation sites is 1. The first-order valence-corrected chi connectivity index (χ1v) is 9.92. The summed E-state index contributed by atoms with van der Waals surface area (Å²) in [6.45, 7) is 5.92. The van der Waals surface area contributed by atoms with Crippen molar-refractivity contribution in [2.24, 2.45) is 0 Å². The number of benzene rings is 2. The van der Waals surface area contributed by atoms with Gasteiger partial charge in [-0.05, 0) is 97.0 Å². The first-order valence-electron chi connectivity index (χ1n) is 8.84. The summed E-state index contributed by atoms with van der Waals surface area (Å²) in [6.07, 6.45) is 1.65. The van der Waals surface area contributed by atoms with Gasteiger partial charge in [0, 0.05) is 26.3 Å². The Bertz CT molecular complexity index is 1100. The maximum Gasteiger partial charge on any atom is 0.266 e. The van der Waals surface area contributed by atoms with E-state index < -0.39 is 5.91 Å². The highest BCUT2D eigenvalue weighted by molar-refractivity contribution is 14.1. The third-order valence-corrected chi connectivity index (χ3v) is 5.33. The zero-order chi connectivity index (χ0) is 20.3. The average Bonchev–Trinajstić information content (AvgIpc) is 2.95. The van der Waals surface area contributed by atoms with Crippen LogP contribution in [0.2, 0.25) is 0 Å². The summed E-state index contributed by atoms with van der Waals surface area (Å²) in [5, 5.41) is 12.4. The number of nitrogens with zero attached hydrogens (tertiary/aromatic N) is 2. The Labute approximate surface area is 178 Å². The number of hydrogen-bond donors (Lipinski definition) is 1. The van der Waals surface area contributed by atoms with Crippen LogP contribution in [0.5, 0.6) is 0 Å². The van der Waals surface area contributed by atoms with Crippen molar-refractivity contribution >= 4 is 40.3 Å². The molecule has 3 rings (SSSR count). The first kappa shape index (κ1) is 19.9. The fourth-order valence-corrected chi connectivity index (χ4v) is 3.49. The minimum Gasteiger partial charge on any atom is -0.321 e. The summed E-state index contributed by atoms with van der Waals surface area (Å²) in [7, 11) is 0. The number of amides is 1. The van der Waals surface area contributed by atoms with Gasteiger partial charge in [0.25, 0.3) is 5.91 Å². The monoisotopic (exact) mass is 481 g/mol. The Hall–Kier alpha value is -2.85. The Balaban J connectivity index is 1.94. The van der Waals surface area contributed by atoms with E-state index in [1.54, 1.807) is 6.08 Å². The van der Waals surface area contributed by atoms with E-state index in [4.69, 9.17) is 0 Å². The Morgan fingerprint density at radius 1 is 1.11 bits per heavy atom. The van der Waals surface area contributed by atoms with Crippen molar-refractivity contribution in [2.45, 2.75) is 20.8 Å². The number of nitriles is 1. The molecular weight excluding hydrogens is 461 g/mol. The minimum absolute atomic E-state index is 0.0751. The van der Waals surface area contributed by atoms with Gasteiger partial charge in [-0.1, -0.05) is 18.2 Å². The molecule has 3 aromatic rings. The van der Waals surface area contributed by atoms with Crippen molar-refractivity contribution in [2.75, 3.05) is 5.32 Å². The molecule has 28 heavy (non-hydrogen) atoms. The number of halogens is 1. The maximum absolute atomic E-state index is 12.6. The van der Waals surface area contributed by atoms with Crippen LogP contribution in [0.15, 0.2) is 60.2 Å². The Morgan fingerprint density at radius 2 is 1.79 bits per heavy atom. The van der Waals surface area contributed by atoms with Gasteiger partial charge in [0.2, 0.25) is 0 Å². The molecule has 0 aliphatic carbocycles. The number of aryl methyl sites for hydroxylation is 2. The molecule has 1 amide bonds. The molecule has 0 atom stereocenters. The standard InChI is InChI=1S/C23H20IN3O/c1-15-6-4-5-7-22(15)26-23(28)19(14-25)13-18-12-16(2)27(17(18)3)21-10-8-20(24)9-11-21/h4-13H,1-3H3,(H,26,28). The number of hydrogen-bond acceptors (Lipinski definition) is 2. The zero-order valence-corrected chi connectivity index (χ0v) is 18.1. The quantitative estimate of drug-likeness (QED) is 0.302. The molecule has 0 aliphatic heterocycles. The lowest BCUT2D eigenvalue weighted by molar-refractivity contribution is -0.112. The molecule has 5 heteroatoms. The van der Waals surface area contributed by atoms with E-state index in [1.165, 1.54) is 3.57 Å². The van der Waals surface area contributed by atoms with E-state index in [0.717, 1.165) is 28.2 Å². The normalized spacial score (nSPS) is 11.2. The van der Waals surface area contributed by atoms with Gasteiger partial charge in [0.15, 0.2) is 0 Å². The molecule has 0 saturated carbocycles. The summed E-state index contributed by atoms with van der Waals surface area (Å²) in [5.74, 6) is -0.407. The third-order valence-electron chi connectivity index (χ3n) is 4.61. The molecule has 0 aliphatic rings. The van der Waals surface area contributed by atoms with Crippen LogP contribution in [0, 0.1) is 35.7 Å². The van der Waals surface area contributed by atoms with Crippen LogP contribution in [0.25, 0.3) is 11.8 Å². The summed E-state index contributed by atoms with van der Waals surface area (Å²) in [5.41, 5.74) is 5.66. The second-order valence-electron chi connectivity index (χ2n) is 6.58. The molecule has 0 bridgehead atoms. The lowest BCUT2D eigenvalue weighted by atomic mass is 10.1. The second kappa shape index (κ2) is 8.44.